The van der Waals surface area contributed by atoms with Crippen LogP contribution in [0.2, 0.25) is 0 Å². The fraction of sp³-hybridized carbons (Fsp3) is 0.429. The maximum atomic E-state index is 12.1. The molecule has 2 atom stereocenters. The van der Waals surface area contributed by atoms with Crippen molar-refractivity contribution in [1.82, 2.24) is 5.32 Å². The zero-order valence-electron chi connectivity index (χ0n) is 11.5. The van der Waals surface area contributed by atoms with Crippen LogP contribution in [0.15, 0.2) is 18.2 Å². The van der Waals surface area contributed by atoms with Gasteiger partial charge in [-0.1, -0.05) is 12.1 Å². The van der Waals surface area contributed by atoms with Crippen molar-refractivity contribution in [3.05, 3.63) is 29.3 Å². The second kappa shape index (κ2) is 6.02. The van der Waals surface area contributed by atoms with E-state index in [1.165, 1.54) is 0 Å². The number of carbonyl (C=O) groups is 2. The van der Waals surface area contributed by atoms with Crippen molar-refractivity contribution >= 4 is 17.6 Å². The molecule has 6 nitrogen and oxygen atoms in total. The Bertz CT molecular complexity index is 530. The van der Waals surface area contributed by atoms with E-state index in [1.807, 2.05) is 0 Å². The lowest BCUT2D eigenvalue weighted by atomic mass is 10.1. The number of aromatic carboxylic acids is 1. The van der Waals surface area contributed by atoms with Gasteiger partial charge >= 0.3 is 5.97 Å². The third-order valence-electron chi connectivity index (χ3n) is 3.48. The molecule has 3 N–H and O–H groups in total. The highest BCUT2D eigenvalue weighted by atomic mass is 16.5. The summed E-state index contributed by atoms with van der Waals surface area (Å²) in [5.74, 6) is -1.29. The van der Waals surface area contributed by atoms with Gasteiger partial charge in [0, 0.05) is 13.7 Å². The van der Waals surface area contributed by atoms with Gasteiger partial charge in [0.25, 0.3) is 0 Å². The lowest BCUT2D eigenvalue weighted by molar-refractivity contribution is -0.118. The Hall–Kier alpha value is -1.92. The lowest BCUT2D eigenvalue weighted by Gasteiger charge is -2.14. The molecule has 0 saturated carbocycles. The third kappa shape index (κ3) is 2.97. The number of nitrogens with one attached hydrogen (secondary N) is 2. The molecule has 2 unspecified atom stereocenters. The zero-order chi connectivity index (χ0) is 14.7. The highest BCUT2D eigenvalue weighted by Gasteiger charge is 2.30. The summed E-state index contributed by atoms with van der Waals surface area (Å²) in [7, 11) is 1.61. The third-order valence-corrected chi connectivity index (χ3v) is 3.48. The topological polar surface area (TPSA) is 87.7 Å². The number of benzene rings is 1. The van der Waals surface area contributed by atoms with Crippen molar-refractivity contribution < 1.29 is 19.4 Å². The molecule has 1 amide bonds. The van der Waals surface area contributed by atoms with Gasteiger partial charge in [-0.2, -0.15) is 0 Å². The summed E-state index contributed by atoms with van der Waals surface area (Å²) >= 11 is 0. The summed E-state index contributed by atoms with van der Waals surface area (Å²) in [4.78, 5) is 23.4. The van der Waals surface area contributed by atoms with E-state index in [0.29, 0.717) is 24.2 Å². The second-order valence-electron chi connectivity index (χ2n) is 4.85. The number of carbonyl (C=O) groups excluding carboxylic acids is 1. The van der Waals surface area contributed by atoms with Crippen molar-refractivity contribution in [3.8, 4) is 0 Å². The summed E-state index contributed by atoms with van der Waals surface area (Å²) in [5, 5.41) is 15.0. The van der Waals surface area contributed by atoms with E-state index in [1.54, 1.807) is 32.2 Å². The molecule has 1 saturated heterocycles. The molecule has 1 aromatic rings. The van der Waals surface area contributed by atoms with E-state index >= 15 is 0 Å². The van der Waals surface area contributed by atoms with E-state index in [4.69, 9.17) is 4.74 Å². The molecule has 20 heavy (non-hydrogen) atoms. The molecule has 1 heterocycles. The molecule has 0 spiro atoms. The predicted molar refractivity (Wildman–Crippen MR) is 74.0 cm³/mol. The van der Waals surface area contributed by atoms with Gasteiger partial charge < -0.3 is 20.5 Å². The Balaban J connectivity index is 2.13. The highest BCUT2D eigenvalue weighted by molar-refractivity contribution is 6.03. The molecule has 6 heteroatoms. The summed E-state index contributed by atoms with van der Waals surface area (Å²) in [6.45, 7) is 2.32. The van der Waals surface area contributed by atoms with Gasteiger partial charge in [0.2, 0.25) is 5.91 Å². The molecule has 1 aliphatic heterocycles. The first kappa shape index (κ1) is 14.5. The summed E-state index contributed by atoms with van der Waals surface area (Å²) in [6.07, 6.45) is 0.596. The molecule has 2 rings (SSSR count). The molecule has 1 aromatic carbocycles. The van der Waals surface area contributed by atoms with E-state index < -0.39 is 5.97 Å². The minimum absolute atomic E-state index is 0.0159. The molecule has 0 bridgehead atoms. The number of ether oxygens (including phenoxy) is 1. The number of anilines is 1. The summed E-state index contributed by atoms with van der Waals surface area (Å²) in [5.41, 5.74) is 1.07. The van der Waals surface area contributed by atoms with Crippen LogP contribution in [0.25, 0.3) is 0 Å². The second-order valence-corrected chi connectivity index (χ2v) is 4.85. The Kier molecular flexibility index (Phi) is 4.36. The number of aryl methyl sites for hydroxylation is 1. The standard InChI is InChI=1S/C14H18N2O4/c1-8-4-3-5-10(12(8)14(18)19)16-13(17)11-6-9(20-2)7-15-11/h3-5,9,11,15H,6-7H2,1-2H3,(H,16,17)(H,18,19). The lowest BCUT2D eigenvalue weighted by Crippen LogP contribution is -2.35. The molecular formula is C14H18N2O4. The first-order chi connectivity index (χ1) is 9.52. The quantitative estimate of drug-likeness (QED) is 0.765. The predicted octanol–water partition coefficient (Wildman–Crippen LogP) is 1.01. The van der Waals surface area contributed by atoms with E-state index in [-0.39, 0.29) is 23.6 Å². The van der Waals surface area contributed by atoms with Crippen LogP contribution in [-0.2, 0) is 9.53 Å². The van der Waals surface area contributed by atoms with E-state index in [2.05, 4.69) is 10.6 Å². The van der Waals surface area contributed by atoms with Gasteiger partial charge in [0.15, 0.2) is 0 Å². The fourth-order valence-electron chi connectivity index (χ4n) is 2.36. The molecular weight excluding hydrogens is 260 g/mol. The largest absolute Gasteiger partial charge is 0.478 e. The monoisotopic (exact) mass is 278 g/mol. The van der Waals surface area contributed by atoms with Crippen molar-refractivity contribution in [2.45, 2.75) is 25.5 Å². The van der Waals surface area contributed by atoms with Crippen LogP contribution >= 0.6 is 0 Å². The van der Waals surface area contributed by atoms with Gasteiger partial charge in [-0.05, 0) is 25.0 Å². The Morgan fingerprint density at radius 2 is 2.20 bits per heavy atom. The number of methoxy groups -OCH3 is 1. The molecule has 108 valence electrons. The molecule has 1 fully saturated rings. The van der Waals surface area contributed by atoms with Gasteiger partial charge in [-0.25, -0.2) is 4.79 Å². The average Bonchev–Trinajstić information content (AvgIpc) is 2.87. The van der Waals surface area contributed by atoms with E-state index in [0.717, 1.165) is 0 Å². The van der Waals surface area contributed by atoms with Crippen LogP contribution in [0.4, 0.5) is 5.69 Å². The van der Waals surface area contributed by atoms with Gasteiger partial charge in [0.05, 0.1) is 23.4 Å². The first-order valence-electron chi connectivity index (χ1n) is 6.43. The molecule has 0 aromatic heterocycles. The summed E-state index contributed by atoms with van der Waals surface area (Å²) in [6, 6.07) is 4.66. The van der Waals surface area contributed by atoms with Crippen molar-refractivity contribution in [3.63, 3.8) is 0 Å². The minimum Gasteiger partial charge on any atom is -0.478 e. The van der Waals surface area contributed by atoms with Crippen LogP contribution < -0.4 is 10.6 Å². The Labute approximate surface area is 117 Å². The Morgan fingerprint density at radius 3 is 2.80 bits per heavy atom. The number of hydrogen-bond donors (Lipinski definition) is 3. The van der Waals surface area contributed by atoms with Crippen LogP contribution in [-0.4, -0.2) is 42.8 Å². The smallest absolute Gasteiger partial charge is 0.338 e. The minimum atomic E-state index is -1.05. The van der Waals surface area contributed by atoms with Crippen LogP contribution in [0.3, 0.4) is 0 Å². The van der Waals surface area contributed by atoms with Crippen molar-refractivity contribution in [2.24, 2.45) is 0 Å². The maximum absolute atomic E-state index is 12.1. The van der Waals surface area contributed by atoms with Gasteiger partial charge in [0.1, 0.15) is 0 Å². The van der Waals surface area contributed by atoms with Crippen molar-refractivity contribution in [1.29, 1.82) is 0 Å². The van der Waals surface area contributed by atoms with Gasteiger partial charge in [-0.3, -0.25) is 4.79 Å². The number of amides is 1. The number of carboxylic acids is 1. The van der Waals surface area contributed by atoms with E-state index in [9.17, 15) is 14.7 Å². The van der Waals surface area contributed by atoms with Crippen molar-refractivity contribution in [2.75, 3.05) is 19.0 Å². The van der Waals surface area contributed by atoms with Crippen LogP contribution in [0.5, 0.6) is 0 Å². The zero-order valence-corrected chi connectivity index (χ0v) is 11.5. The number of hydrogen-bond acceptors (Lipinski definition) is 4. The van der Waals surface area contributed by atoms with Gasteiger partial charge in [-0.15, -0.1) is 0 Å². The number of carboxylic acid groups (broad SMARTS) is 1. The normalized spacial score (nSPS) is 21.7. The molecule has 0 radical (unpaired) electrons. The van der Waals surface area contributed by atoms with Crippen LogP contribution in [0.1, 0.15) is 22.3 Å². The molecule has 1 aliphatic rings. The SMILES string of the molecule is COC1CNC(C(=O)Nc2cccc(C)c2C(=O)O)C1. The maximum Gasteiger partial charge on any atom is 0.338 e. The Morgan fingerprint density at radius 1 is 1.45 bits per heavy atom. The fourth-order valence-corrected chi connectivity index (χ4v) is 2.36. The average molecular weight is 278 g/mol. The highest BCUT2D eigenvalue weighted by Crippen LogP contribution is 2.20. The summed E-state index contributed by atoms with van der Waals surface area (Å²) < 4.78 is 5.19. The number of rotatable bonds is 4. The van der Waals surface area contributed by atoms with Crippen LogP contribution in [0, 0.1) is 6.92 Å². The first-order valence-corrected chi connectivity index (χ1v) is 6.43. The molecule has 0 aliphatic carbocycles.